The minimum Gasteiger partial charge on any atom is -0.365 e. The van der Waals surface area contributed by atoms with E-state index < -0.39 is 0 Å². The molecule has 6 rings (SSSR count). The van der Waals surface area contributed by atoms with Gasteiger partial charge in [-0.1, -0.05) is 60.8 Å². The van der Waals surface area contributed by atoms with Crippen molar-refractivity contribution < 1.29 is 0 Å². The molecule has 0 unspecified atom stereocenters. The van der Waals surface area contributed by atoms with Crippen LogP contribution in [0, 0.1) is 12.3 Å². The van der Waals surface area contributed by atoms with Crippen LogP contribution in [0.25, 0.3) is 27.3 Å². The van der Waals surface area contributed by atoms with Crippen molar-refractivity contribution in [2.75, 3.05) is 5.32 Å². The molecule has 0 saturated heterocycles. The number of benzene rings is 2. The zero-order valence-electron chi connectivity index (χ0n) is 18.2. The van der Waals surface area contributed by atoms with Gasteiger partial charge in [0.15, 0.2) is 0 Å². The van der Waals surface area contributed by atoms with E-state index >= 15 is 0 Å². The standard InChI is InChI=1S/C22H18ClN3S.C6H4/c1-3-15-9-11-26-19(13-15)25-20(21-16(4-2)10-12-27-21)22(26)24-14-17-7-5-6-8-18(17)23;1-2-5-4-6(5)3-1/h2,5-13,24H,3,14H2,1H3;1-4H. The van der Waals surface area contributed by atoms with Crippen LogP contribution < -0.4 is 5.32 Å². The molecular weight excluding hydrogens is 446 g/mol. The predicted molar refractivity (Wildman–Crippen MR) is 140 cm³/mol. The zero-order valence-corrected chi connectivity index (χ0v) is 19.8. The third kappa shape index (κ3) is 4.39. The summed E-state index contributed by atoms with van der Waals surface area (Å²) in [6, 6.07) is 22.5. The third-order valence-electron chi connectivity index (χ3n) is 5.65. The molecule has 162 valence electrons. The Balaban J connectivity index is 0.000000324. The Morgan fingerprint density at radius 1 is 1.06 bits per heavy atom. The summed E-state index contributed by atoms with van der Waals surface area (Å²) in [6.45, 7) is 2.74. The summed E-state index contributed by atoms with van der Waals surface area (Å²) in [7, 11) is 0. The molecule has 0 aliphatic heterocycles. The summed E-state index contributed by atoms with van der Waals surface area (Å²) >= 11 is 7.93. The van der Waals surface area contributed by atoms with Crippen LogP contribution in [0.2, 0.25) is 5.02 Å². The lowest BCUT2D eigenvalue weighted by molar-refractivity contribution is 1.06. The maximum absolute atomic E-state index is 6.32. The van der Waals surface area contributed by atoms with Gasteiger partial charge in [-0.25, -0.2) is 4.98 Å². The van der Waals surface area contributed by atoms with Gasteiger partial charge in [-0.15, -0.1) is 17.8 Å². The molecule has 0 atom stereocenters. The first kappa shape index (κ1) is 21.3. The Morgan fingerprint density at radius 3 is 2.55 bits per heavy atom. The van der Waals surface area contributed by atoms with Crippen LogP contribution in [0.4, 0.5) is 5.82 Å². The molecule has 2 aliphatic rings. The molecule has 3 heterocycles. The van der Waals surface area contributed by atoms with Crippen molar-refractivity contribution in [3.63, 3.8) is 0 Å². The Bertz CT molecular complexity index is 1470. The number of terminal acetylenes is 1. The average molecular weight is 468 g/mol. The van der Waals surface area contributed by atoms with Crippen LogP contribution in [-0.2, 0) is 13.0 Å². The first-order valence-electron chi connectivity index (χ1n) is 10.8. The molecule has 2 aliphatic carbocycles. The second-order valence-electron chi connectivity index (χ2n) is 7.76. The molecule has 3 aromatic heterocycles. The van der Waals surface area contributed by atoms with Crippen LogP contribution in [-0.4, -0.2) is 9.38 Å². The van der Waals surface area contributed by atoms with E-state index in [0.29, 0.717) is 6.54 Å². The van der Waals surface area contributed by atoms with Crippen LogP contribution >= 0.6 is 22.9 Å². The first-order chi connectivity index (χ1) is 16.2. The maximum Gasteiger partial charge on any atom is 0.140 e. The summed E-state index contributed by atoms with van der Waals surface area (Å²) in [5.41, 5.74) is 7.78. The van der Waals surface area contributed by atoms with Crippen molar-refractivity contribution in [3.05, 3.63) is 100 Å². The highest BCUT2D eigenvalue weighted by molar-refractivity contribution is 7.13. The summed E-state index contributed by atoms with van der Waals surface area (Å²) in [5.74, 6) is 3.69. The van der Waals surface area contributed by atoms with E-state index in [9.17, 15) is 0 Å². The number of anilines is 1. The van der Waals surface area contributed by atoms with Crippen molar-refractivity contribution in [2.45, 2.75) is 19.9 Å². The van der Waals surface area contributed by atoms with Gasteiger partial charge in [0.1, 0.15) is 17.2 Å². The molecule has 33 heavy (non-hydrogen) atoms. The van der Waals surface area contributed by atoms with E-state index in [1.54, 1.807) is 11.3 Å². The topological polar surface area (TPSA) is 29.3 Å². The number of imidazole rings is 1. The van der Waals surface area contributed by atoms with Gasteiger partial charge in [0.25, 0.3) is 0 Å². The lowest BCUT2D eigenvalue weighted by Crippen LogP contribution is -2.04. The van der Waals surface area contributed by atoms with Crippen LogP contribution in [0.15, 0.2) is 78.3 Å². The summed E-state index contributed by atoms with van der Waals surface area (Å²) < 4.78 is 2.07. The molecule has 0 amide bonds. The fraction of sp³-hybridized carbons (Fsp3) is 0.107. The molecule has 0 bridgehead atoms. The number of thiophene rings is 1. The van der Waals surface area contributed by atoms with Gasteiger partial charge in [0.2, 0.25) is 0 Å². The predicted octanol–water partition coefficient (Wildman–Crippen LogP) is 7.54. The van der Waals surface area contributed by atoms with Gasteiger partial charge >= 0.3 is 0 Å². The van der Waals surface area contributed by atoms with Gasteiger partial charge < -0.3 is 5.32 Å². The zero-order chi connectivity index (χ0) is 22.8. The van der Waals surface area contributed by atoms with Crippen molar-refractivity contribution >= 4 is 34.4 Å². The normalized spacial score (nSPS) is 10.9. The van der Waals surface area contributed by atoms with Gasteiger partial charge in [-0.3, -0.25) is 4.40 Å². The fourth-order valence-electron chi connectivity index (χ4n) is 3.74. The lowest BCUT2D eigenvalue weighted by atomic mass is 10.2. The molecule has 0 saturated carbocycles. The molecule has 5 heteroatoms. The Kier molecular flexibility index (Phi) is 5.92. The molecule has 3 nitrogen and oxygen atoms in total. The van der Waals surface area contributed by atoms with Gasteiger partial charge in [-0.05, 0) is 64.4 Å². The smallest absolute Gasteiger partial charge is 0.140 e. The molecular formula is C28H22ClN3S. The number of hydrogen-bond donors (Lipinski definition) is 1. The third-order valence-corrected chi connectivity index (χ3v) is 6.94. The molecule has 4 aromatic rings. The quantitative estimate of drug-likeness (QED) is 0.265. The fourth-order valence-corrected chi connectivity index (χ4v) is 4.79. The number of pyridine rings is 1. The van der Waals surface area contributed by atoms with E-state index in [-0.39, 0.29) is 0 Å². The van der Waals surface area contributed by atoms with Crippen LogP contribution in [0.3, 0.4) is 0 Å². The van der Waals surface area contributed by atoms with E-state index in [1.807, 2.05) is 35.7 Å². The van der Waals surface area contributed by atoms with Crippen molar-refractivity contribution in [1.29, 1.82) is 0 Å². The number of aromatic nitrogens is 2. The Hall–Kier alpha value is -3.52. The van der Waals surface area contributed by atoms with Crippen molar-refractivity contribution in [1.82, 2.24) is 9.38 Å². The van der Waals surface area contributed by atoms with Crippen molar-refractivity contribution in [2.24, 2.45) is 0 Å². The summed E-state index contributed by atoms with van der Waals surface area (Å²) in [5, 5.41) is 6.27. The molecule has 1 N–H and O–H groups in total. The monoisotopic (exact) mass is 467 g/mol. The number of nitrogens with one attached hydrogen (secondary N) is 1. The number of aryl methyl sites for hydroxylation is 1. The highest BCUT2D eigenvalue weighted by Gasteiger charge is 2.18. The highest BCUT2D eigenvalue weighted by Crippen LogP contribution is 2.35. The van der Waals surface area contributed by atoms with E-state index in [4.69, 9.17) is 23.0 Å². The molecule has 1 aromatic carbocycles. The summed E-state index contributed by atoms with van der Waals surface area (Å²) in [4.78, 5) is 5.89. The minimum absolute atomic E-state index is 0.604. The lowest BCUT2D eigenvalue weighted by Gasteiger charge is -2.10. The van der Waals surface area contributed by atoms with E-state index in [0.717, 1.165) is 44.6 Å². The number of halogens is 1. The van der Waals surface area contributed by atoms with Crippen LogP contribution in [0.5, 0.6) is 0 Å². The van der Waals surface area contributed by atoms with Gasteiger partial charge in [0.05, 0.1) is 4.88 Å². The Morgan fingerprint density at radius 2 is 1.88 bits per heavy atom. The second kappa shape index (κ2) is 9.15. The SMILES string of the molecule is C#Cc1ccsc1-c1nc2cc(CC)ccn2c1NCc1ccccc1Cl.c1cc2cc-2c1. The average Bonchev–Trinajstić information content (AvgIpc) is 3.20. The Labute approximate surface area is 202 Å². The largest absolute Gasteiger partial charge is 0.365 e. The number of hydrogen-bond acceptors (Lipinski definition) is 3. The maximum atomic E-state index is 6.32. The van der Waals surface area contributed by atoms with E-state index in [1.165, 1.54) is 16.7 Å². The second-order valence-corrected chi connectivity index (χ2v) is 9.08. The molecule has 0 fully saturated rings. The van der Waals surface area contributed by atoms with Gasteiger partial charge in [-0.2, -0.15) is 0 Å². The van der Waals surface area contributed by atoms with Gasteiger partial charge in [0, 0.05) is 23.3 Å². The summed E-state index contributed by atoms with van der Waals surface area (Å²) in [6.07, 6.45) is 8.72. The molecule has 0 radical (unpaired) electrons. The minimum atomic E-state index is 0.604. The number of nitrogens with zero attached hydrogens (tertiary/aromatic N) is 2. The van der Waals surface area contributed by atoms with Crippen molar-refractivity contribution in [3.8, 4) is 34.0 Å². The first-order valence-corrected chi connectivity index (χ1v) is 12.1. The van der Waals surface area contributed by atoms with Crippen LogP contribution in [0.1, 0.15) is 23.6 Å². The number of rotatable bonds is 5. The molecule has 0 spiro atoms. The highest BCUT2D eigenvalue weighted by atomic mass is 35.5. The number of fused-ring (bicyclic) bond motifs is 2. The van der Waals surface area contributed by atoms with E-state index in [2.05, 4.69) is 65.2 Å².